The summed E-state index contributed by atoms with van der Waals surface area (Å²) in [4.78, 5) is 0. The molecule has 0 aliphatic heterocycles. The van der Waals surface area contributed by atoms with Gasteiger partial charge in [0, 0.05) is 5.16 Å². The third kappa shape index (κ3) is 4.94. The van der Waals surface area contributed by atoms with Crippen LogP contribution >= 0.6 is 8.58 Å². The second kappa shape index (κ2) is 9.94. The predicted octanol–water partition coefficient (Wildman–Crippen LogP) is 8.31. The normalized spacial score (nSPS) is 18.3. The highest BCUT2D eigenvalue weighted by molar-refractivity contribution is 7.40. The van der Waals surface area contributed by atoms with Gasteiger partial charge < -0.3 is 5.11 Å². The highest BCUT2D eigenvalue weighted by Gasteiger charge is 2.35. The van der Waals surface area contributed by atoms with E-state index < -0.39 is 5.60 Å². The van der Waals surface area contributed by atoms with Gasteiger partial charge in [0.25, 0.3) is 0 Å². The molecule has 1 saturated carbocycles. The summed E-state index contributed by atoms with van der Waals surface area (Å²) >= 11 is 0. The van der Waals surface area contributed by atoms with Gasteiger partial charge in [-0.15, -0.1) is 8.58 Å². The molecule has 206 valence electrons. The van der Waals surface area contributed by atoms with E-state index in [-0.39, 0.29) is 5.16 Å². The molecule has 0 spiro atoms. The minimum Gasteiger partial charge on any atom is -0.390 e. The van der Waals surface area contributed by atoms with E-state index in [2.05, 4.69) is 117 Å². The summed E-state index contributed by atoms with van der Waals surface area (Å²) in [6, 6.07) is 34.0. The number of hydrogen-bond acceptors (Lipinski definition) is 1. The first-order valence-corrected chi connectivity index (χ1v) is 16.2. The fourth-order valence-electron chi connectivity index (χ4n) is 6.35. The van der Waals surface area contributed by atoms with E-state index >= 15 is 0 Å². The van der Waals surface area contributed by atoms with Gasteiger partial charge in [-0.2, -0.15) is 0 Å². The van der Waals surface area contributed by atoms with Gasteiger partial charge in [-0.25, -0.2) is 0 Å². The molecule has 2 aliphatic carbocycles. The van der Waals surface area contributed by atoms with Crippen molar-refractivity contribution in [2.24, 2.45) is 11.8 Å². The summed E-state index contributed by atoms with van der Waals surface area (Å²) in [7, 11) is 0.711. The maximum Gasteiger partial charge on any atom is 0.0678 e. The molecule has 5 aromatic carbocycles. The van der Waals surface area contributed by atoms with Crippen LogP contribution in [0, 0.1) is 11.8 Å². The summed E-state index contributed by atoms with van der Waals surface area (Å²) in [5.74, 6) is 1.47. The summed E-state index contributed by atoms with van der Waals surface area (Å²) in [5, 5.41) is 18.8. The number of aryl methyl sites for hydroxylation is 1. The Labute approximate surface area is 245 Å². The molecule has 1 N–H and O–H groups in total. The lowest BCUT2D eigenvalue weighted by Crippen LogP contribution is -2.41. The summed E-state index contributed by atoms with van der Waals surface area (Å²) in [6.07, 6.45) is 8.49. The van der Waals surface area contributed by atoms with E-state index in [0.29, 0.717) is 8.58 Å². The molecule has 2 aliphatic rings. The van der Waals surface area contributed by atoms with E-state index in [4.69, 9.17) is 0 Å². The number of aliphatic hydroxyl groups is 1. The second-order valence-corrected chi connectivity index (χ2v) is 15.3. The topological polar surface area (TPSA) is 20.2 Å². The van der Waals surface area contributed by atoms with E-state index in [1.54, 1.807) is 0 Å². The zero-order chi connectivity index (χ0) is 28.4. The molecule has 41 heavy (non-hydrogen) atoms. The van der Waals surface area contributed by atoms with Crippen molar-refractivity contribution in [1.29, 1.82) is 0 Å². The van der Waals surface area contributed by atoms with Crippen molar-refractivity contribution < 1.29 is 5.11 Å². The number of benzene rings is 5. The average molecular weight is 555 g/mol. The quantitative estimate of drug-likeness (QED) is 0.158. The van der Waals surface area contributed by atoms with Crippen molar-refractivity contribution in [2.75, 3.05) is 6.16 Å². The molecule has 3 unspecified atom stereocenters. The average Bonchev–Trinajstić information content (AvgIpc) is 3.74. The zero-order valence-corrected chi connectivity index (χ0v) is 25.5. The van der Waals surface area contributed by atoms with Crippen LogP contribution in [0.3, 0.4) is 0 Å². The first kappa shape index (κ1) is 26.6. The number of fused-ring (bicyclic) bond motifs is 7. The lowest BCUT2D eigenvalue weighted by atomic mass is 9.91. The molecule has 0 radical (unpaired) electrons. The van der Waals surface area contributed by atoms with Crippen LogP contribution in [0.2, 0.25) is 0 Å². The first-order valence-electron chi connectivity index (χ1n) is 15.0. The molecule has 0 heterocycles. The van der Waals surface area contributed by atoms with Crippen molar-refractivity contribution in [2.45, 2.75) is 51.3 Å². The van der Waals surface area contributed by atoms with Crippen LogP contribution in [-0.4, -0.2) is 22.0 Å². The van der Waals surface area contributed by atoms with Crippen LogP contribution in [-0.2, 0) is 6.42 Å². The highest BCUT2D eigenvalue weighted by atomic mass is 31.1. The third-order valence-corrected chi connectivity index (χ3v) is 11.7. The molecular weight excluding hydrogens is 515 g/mol. The first-order chi connectivity index (χ1) is 19.7. The molecule has 0 amide bonds. The van der Waals surface area contributed by atoms with Crippen LogP contribution in [0.15, 0.2) is 91.0 Å². The Morgan fingerprint density at radius 2 is 1.22 bits per heavy atom. The van der Waals surface area contributed by atoms with Gasteiger partial charge in [0.15, 0.2) is 0 Å². The predicted molar refractivity (Wildman–Crippen MR) is 179 cm³/mol. The van der Waals surface area contributed by atoms with Crippen LogP contribution in [0.1, 0.15) is 39.7 Å². The van der Waals surface area contributed by atoms with Crippen molar-refractivity contribution in [3.05, 3.63) is 107 Å². The fourth-order valence-corrected chi connectivity index (χ4v) is 7.82. The molecule has 1 nitrogen and oxygen atoms in total. The monoisotopic (exact) mass is 554 g/mol. The van der Waals surface area contributed by atoms with Gasteiger partial charge in [-0.1, -0.05) is 105 Å². The third-order valence-electron chi connectivity index (χ3n) is 9.73. The lowest BCUT2D eigenvalue weighted by molar-refractivity contribution is 0.0478. The molecule has 1 fully saturated rings. The van der Waals surface area contributed by atoms with Gasteiger partial charge in [0.1, 0.15) is 0 Å². The van der Waals surface area contributed by atoms with Crippen LogP contribution in [0.4, 0.5) is 0 Å². The fraction of sp³-hybridized carbons (Fsp3) is 0.282. The van der Waals surface area contributed by atoms with Crippen LogP contribution in [0.25, 0.3) is 56.0 Å². The van der Waals surface area contributed by atoms with Crippen molar-refractivity contribution in [1.82, 2.24) is 0 Å². The molecule has 0 saturated heterocycles. The maximum atomic E-state index is 10.5. The van der Waals surface area contributed by atoms with Gasteiger partial charge >= 0.3 is 0 Å². The molecule has 5 aromatic rings. The summed E-state index contributed by atoms with van der Waals surface area (Å²) < 4.78 is 0. The maximum absolute atomic E-state index is 10.5. The summed E-state index contributed by atoms with van der Waals surface area (Å²) in [5.41, 5.74) is 5.72. The van der Waals surface area contributed by atoms with E-state index in [1.165, 1.54) is 66.2 Å². The minimum absolute atomic E-state index is 0.0833. The molecular formula is C39H39OP. The molecule has 2 heteroatoms. The van der Waals surface area contributed by atoms with Crippen molar-refractivity contribution >= 4 is 42.3 Å². The summed E-state index contributed by atoms with van der Waals surface area (Å²) in [6.45, 7) is 8.21. The highest BCUT2D eigenvalue weighted by Crippen LogP contribution is 2.43. The van der Waals surface area contributed by atoms with Gasteiger partial charge in [-0.3, -0.25) is 0 Å². The Hall–Kier alpha value is -3.25. The lowest BCUT2D eigenvalue weighted by Gasteiger charge is -2.37. The van der Waals surface area contributed by atoms with E-state index in [0.717, 1.165) is 24.4 Å². The van der Waals surface area contributed by atoms with Gasteiger partial charge in [0.05, 0.1) is 5.60 Å². The minimum atomic E-state index is -0.668. The van der Waals surface area contributed by atoms with Crippen LogP contribution < -0.4 is 10.4 Å². The van der Waals surface area contributed by atoms with Gasteiger partial charge in [-0.05, 0) is 117 Å². The number of rotatable bonds is 7. The molecule has 0 aromatic heterocycles. The van der Waals surface area contributed by atoms with Gasteiger partial charge in [0.2, 0.25) is 0 Å². The second-order valence-electron chi connectivity index (χ2n) is 13.2. The Morgan fingerprint density at radius 3 is 1.90 bits per heavy atom. The Morgan fingerprint density at radius 1 is 0.634 bits per heavy atom. The van der Waals surface area contributed by atoms with E-state index in [9.17, 15) is 5.11 Å². The largest absolute Gasteiger partial charge is 0.390 e. The smallest absolute Gasteiger partial charge is 0.0678 e. The Balaban J connectivity index is 1.22. The van der Waals surface area contributed by atoms with E-state index in [1.807, 2.05) is 13.8 Å². The Kier molecular flexibility index (Phi) is 6.46. The number of hydrogen-bond donors (Lipinski definition) is 1. The van der Waals surface area contributed by atoms with Crippen molar-refractivity contribution in [3.8, 4) is 22.3 Å². The molecule has 3 atom stereocenters. The molecule has 0 bridgehead atoms. The van der Waals surface area contributed by atoms with Crippen molar-refractivity contribution in [3.63, 3.8) is 0 Å². The Bertz CT molecular complexity index is 1920. The zero-order valence-electron chi connectivity index (χ0n) is 24.5. The molecule has 7 rings (SSSR count). The standard InChI is InChI=1S/C39H39OP/c1-38(2,40)39(3,4)41-18-17-25-9-7-10-26(19-25)27-11-8-12-28(20-27)29-15-16-34-35(22-29)32-13-5-6-14-33(32)36-23-30-21-31(30)24-37(34)36/h5-16,19-20,22-24,30-31,40-41H,17-18,21H2,1-4H3. The SMILES string of the molecule is CC(C)(O)C(C)(C)PCCc1cccc(-c2cccc(-c3ccc4c5c(c6ccccc6c4c3)=CC3CC3C=5)c2)c1. The van der Waals surface area contributed by atoms with Crippen LogP contribution in [0.5, 0.6) is 0 Å².